The van der Waals surface area contributed by atoms with Crippen LogP contribution in [0.3, 0.4) is 0 Å². The van der Waals surface area contributed by atoms with Gasteiger partial charge in [0.15, 0.2) is 6.61 Å². The third kappa shape index (κ3) is 10.4. The lowest BCUT2D eigenvalue weighted by atomic mass is 9.89. The van der Waals surface area contributed by atoms with Crippen molar-refractivity contribution >= 4 is 11.8 Å². The molecule has 0 radical (unpaired) electrons. The fraction of sp³-hybridized carbons (Fsp3) is 0.826. The van der Waals surface area contributed by atoms with Crippen LogP contribution in [-0.2, 0) is 14.3 Å². The van der Waals surface area contributed by atoms with E-state index in [1.165, 1.54) is 58.3 Å². The van der Waals surface area contributed by atoms with E-state index in [-0.39, 0.29) is 6.42 Å². The second-order valence-corrected chi connectivity index (χ2v) is 8.25. The van der Waals surface area contributed by atoms with Crippen LogP contribution >= 0.6 is 0 Å². The highest BCUT2D eigenvalue weighted by Crippen LogP contribution is 2.36. The minimum absolute atomic E-state index is 0.0150. The summed E-state index contributed by atoms with van der Waals surface area (Å²) in [5.41, 5.74) is 0. The van der Waals surface area contributed by atoms with Crippen molar-refractivity contribution < 1.29 is 24.5 Å². The first-order valence-corrected chi connectivity index (χ1v) is 11.1. The first kappa shape index (κ1) is 24.8. The molecule has 0 spiro atoms. The van der Waals surface area contributed by atoms with Gasteiger partial charge in [0.05, 0.1) is 0 Å². The molecule has 2 N–H and O–H groups in total. The van der Waals surface area contributed by atoms with E-state index in [0.29, 0.717) is 12.3 Å². The van der Waals surface area contributed by atoms with Crippen LogP contribution in [0.5, 0.6) is 0 Å². The number of rotatable bonds is 15. The quantitative estimate of drug-likeness (QED) is 0.181. The maximum absolute atomic E-state index is 11.7. The van der Waals surface area contributed by atoms with Crippen LogP contribution in [0.1, 0.15) is 97.3 Å². The van der Waals surface area contributed by atoms with Crippen LogP contribution in [0.15, 0.2) is 12.2 Å². The molecule has 0 aliphatic heterocycles. The largest absolute Gasteiger partial charge is 0.458 e. The average Bonchev–Trinajstić information content (AvgIpc) is 3.09. The molecule has 0 saturated heterocycles. The zero-order valence-electron chi connectivity index (χ0n) is 17.8. The summed E-state index contributed by atoms with van der Waals surface area (Å²) in [4.78, 5) is 22.4. The van der Waals surface area contributed by atoms with Gasteiger partial charge in [-0.05, 0) is 50.4 Å². The van der Waals surface area contributed by atoms with Crippen LogP contribution < -0.4 is 0 Å². The highest BCUT2D eigenvalue weighted by Gasteiger charge is 2.33. The number of hydrogen-bond donors (Lipinski definition) is 2. The predicted molar refractivity (Wildman–Crippen MR) is 111 cm³/mol. The van der Waals surface area contributed by atoms with Crippen molar-refractivity contribution in [1.82, 2.24) is 0 Å². The number of unbranched alkanes of at least 4 members (excludes halogenated alkanes) is 6. The monoisotopic (exact) mass is 396 g/mol. The molecule has 1 saturated carbocycles. The van der Waals surface area contributed by atoms with Crippen molar-refractivity contribution in [2.75, 3.05) is 6.61 Å². The van der Waals surface area contributed by atoms with Crippen molar-refractivity contribution in [3.63, 3.8) is 0 Å². The van der Waals surface area contributed by atoms with E-state index in [0.717, 1.165) is 25.2 Å². The second-order valence-electron chi connectivity index (χ2n) is 8.25. The number of esters is 1. The van der Waals surface area contributed by atoms with Gasteiger partial charge in [0.25, 0.3) is 0 Å². The summed E-state index contributed by atoms with van der Waals surface area (Å²) in [6.45, 7) is 2.83. The molecular formula is C23H40O5. The maximum atomic E-state index is 11.7. The van der Waals surface area contributed by atoms with E-state index < -0.39 is 24.1 Å². The molecule has 1 rings (SSSR count). The fourth-order valence-corrected chi connectivity index (χ4v) is 4.01. The van der Waals surface area contributed by atoms with Crippen molar-refractivity contribution in [2.24, 2.45) is 11.8 Å². The van der Waals surface area contributed by atoms with Crippen LogP contribution in [0, 0.1) is 11.8 Å². The smallest absolute Gasteiger partial charge is 0.303 e. The van der Waals surface area contributed by atoms with Gasteiger partial charge >= 0.3 is 5.97 Å². The Balaban J connectivity index is 2.19. The first-order chi connectivity index (χ1) is 13.4. The molecule has 0 aromatic heterocycles. The molecule has 162 valence electrons. The molecule has 5 nitrogen and oxygen atoms in total. The van der Waals surface area contributed by atoms with E-state index >= 15 is 0 Å². The standard InChI is InChI=1S/C23H40O5/c1-3-4-5-6-7-9-13-20-15-12-16-21(20)14-10-8-11-17-23(26,27)22(25)18-28-19(2)24/h9,13,20-21,26-27H,3-8,10-12,14-18H2,1-2H3/t20-,21-/m0/s1. The molecule has 0 aromatic rings. The number of ether oxygens (including phenoxy) is 1. The minimum Gasteiger partial charge on any atom is -0.458 e. The summed E-state index contributed by atoms with van der Waals surface area (Å²) < 4.78 is 4.54. The van der Waals surface area contributed by atoms with Gasteiger partial charge in [-0.3, -0.25) is 9.59 Å². The number of Topliss-reactive ketones (excluding diaryl/α,β-unsaturated/α-hetero) is 1. The Kier molecular flexibility index (Phi) is 12.3. The minimum atomic E-state index is -2.40. The summed E-state index contributed by atoms with van der Waals surface area (Å²) in [5.74, 6) is -2.42. The third-order valence-corrected chi connectivity index (χ3v) is 5.78. The molecular weight excluding hydrogens is 356 g/mol. The van der Waals surface area contributed by atoms with Crippen LogP contribution in [-0.4, -0.2) is 34.4 Å². The van der Waals surface area contributed by atoms with Crippen LogP contribution in [0.2, 0.25) is 0 Å². The van der Waals surface area contributed by atoms with Crippen molar-refractivity contribution in [3.05, 3.63) is 12.2 Å². The second kappa shape index (κ2) is 13.9. The highest BCUT2D eigenvalue weighted by atomic mass is 16.5. The van der Waals surface area contributed by atoms with E-state index in [4.69, 9.17) is 0 Å². The van der Waals surface area contributed by atoms with E-state index in [1.54, 1.807) is 0 Å². The van der Waals surface area contributed by atoms with Gasteiger partial charge in [0.2, 0.25) is 11.6 Å². The Hall–Kier alpha value is -1.20. The summed E-state index contributed by atoms with van der Waals surface area (Å²) in [6, 6.07) is 0. The van der Waals surface area contributed by atoms with Crippen molar-refractivity contribution in [1.29, 1.82) is 0 Å². The molecule has 0 bridgehead atoms. The van der Waals surface area contributed by atoms with Crippen LogP contribution in [0.4, 0.5) is 0 Å². The maximum Gasteiger partial charge on any atom is 0.303 e. The zero-order chi connectivity index (χ0) is 20.8. The summed E-state index contributed by atoms with van der Waals surface area (Å²) in [6.07, 6.45) is 18.7. The Morgan fingerprint density at radius 3 is 2.54 bits per heavy atom. The first-order valence-electron chi connectivity index (χ1n) is 11.1. The van der Waals surface area contributed by atoms with E-state index in [1.807, 2.05) is 0 Å². The number of carbonyl (C=O) groups is 2. The SMILES string of the molecule is CCCCCCC=C[C@H]1CCC[C@@H]1CCCCCC(O)(O)C(=O)COC(C)=O. The highest BCUT2D eigenvalue weighted by molar-refractivity contribution is 5.87. The molecule has 1 aliphatic rings. The molecule has 0 amide bonds. The number of hydrogen-bond acceptors (Lipinski definition) is 5. The van der Waals surface area contributed by atoms with Crippen LogP contribution in [0.25, 0.3) is 0 Å². The zero-order valence-corrected chi connectivity index (χ0v) is 17.8. The normalized spacial score (nSPS) is 20.0. The van der Waals surface area contributed by atoms with Gasteiger partial charge in [-0.25, -0.2) is 0 Å². The fourth-order valence-electron chi connectivity index (χ4n) is 4.01. The Morgan fingerprint density at radius 1 is 1.07 bits per heavy atom. The molecule has 0 heterocycles. The predicted octanol–water partition coefficient (Wildman–Crippen LogP) is 4.69. The lowest BCUT2D eigenvalue weighted by molar-refractivity contribution is -0.190. The molecule has 5 heteroatoms. The molecule has 28 heavy (non-hydrogen) atoms. The number of carbonyl (C=O) groups excluding carboxylic acids is 2. The number of ketones is 1. The lowest BCUT2D eigenvalue weighted by Crippen LogP contribution is -2.41. The molecule has 0 aromatic carbocycles. The Morgan fingerprint density at radius 2 is 1.82 bits per heavy atom. The van der Waals surface area contributed by atoms with Gasteiger partial charge in [-0.2, -0.15) is 0 Å². The van der Waals surface area contributed by atoms with E-state index in [9.17, 15) is 19.8 Å². The average molecular weight is 397 g/mol. The third-order valence-electron chi connectivity index (χ3n) is 5.78. The van der Waals surface area contributed by atoms with Gasteiger partial charge < -0.3 is 14.9 Å². The van der Waals surface area contributed by atoms with E-state index in [2.05, 4.69) is 23.8 Å². The van der Waals surface area contributed by atoms with Gasteiger partial charge in [0.1, 0.15) is 0 Å². The molecule has 1 fully saturated rings. The number of aliphatic hydroxyl groups is 2. The molecule has 2 atom stereocenters. The molecule has 0 unspecified atom stereocenters. The summed E-state index contributed by atoms with van der Waals surface area (Å²) >= 11 is 0. The lowest BCUT2D eigenvalue weighted by Gasteiger charge is -2.20. The summed E-state index contributed by atoms with van der Waals surface area (Å²) in [5, 5.41) is 19.7. The number of allylic oxidation sites excluding steroid dienone is 2. The topological polar surface area (TPSA) is 83.8 Å². The Bertz CT molecular complexity index is 483. The van der Waals surface area contributed by atoms with Gasteiger partial charge in [-0.1, -0.05) is 57.6 Å². The van der Waals surface area contributed by atoms with Crippen molar-refractivity contribution in [3.8, 4) is 0 Å². The van der Waals surface area contributed by atoms with Crippen molar-refractivity contribution in [2.45, 2.75) is 103 Å². The molecule has 1 aliphatic carbocycles. The summed E-state index contributed by atoms with van der Waals surface area (Å²) in [7, 11) is 0. The van der Waals surface area contributed by atoms with Gasteiger partial charge in [0, 0.05) is 13.3 Å². The van der Waals surface area contributed by atoms with Gasteiger partial charge in [-0.15, -0.1) is 0 Å². The Labute approximate surface area is 170 Å².